The van der Waals surface area contributed by atoms with Crippen molar-refractivity contribution in [1.82, 2.24) is 0 Å². The number of rotatable bonds is 2. The van der Waals surface area contributed by atoms with Gasteiger partial charge in [-0.3, -0.25) is 0 Å². The summed E-state index contributed by atoms with van der Waals surface area (Å²) in [6.45, 7) is 2.67. The first-order valence-corrected chi connectivity index (χ1v) is 6.31. The number of halogens is 4. The van der Waals surface area contributed by atoms with Crippen LogP contribution in [0.4, 0.5) is 18.9 Å². The standard InChI is InChI=1S/C13H11BrF3NO/c1-9-6-7-18(8-12(9)14)10-2-4-11(5-3-10)19-13(15,16)17/h2-6,8H,7H2,1H3. The van der Waals surface area contributed by atoms with Crippen molar-refractivity contribution in [2.45, 2.75) is 13.3 Å². The van der Waals surface area contributed by atoms with Crippen LogP contribution in [0.5, 0.6) is 5.75 Å². The van der Waals surface area contributed by atoms with Gasteiger partial charge in [0.05, 0.1) is 0 Å². The van der Waals surface area contributed by atoms with Crippen LogP contribution in [0.3, 0.4) is 0 Å². The summed E-state index contributed by atoms with van der Waals surface area (Å²) < 4.78 is 40.9. The van der Waals surface area contributed by atoms with E-state index in [2.05, 4.69) is 20.7 Å². The molecule has 1 aliphatic heterocycles. The Balaban J connectivity index is 2.12. The van der Waals surface area contributed by atoms with Crippen molar-refractivity contribution >= 4 is 21.6 Å². The summed E-state index contributed by atoms with van der Waals surface area (Å²) in [5.74, 6) is -0.219. The van der Waals surface area contributed by atoms with E-state index >= 15 is 0 Å². The number of alkyl halides is 3. The van der Waals surface area contributed by atoms with Gasteiger partial charge in [-0.05, 0) is 52.7 Å². The third-order valence-electron chi connectivity index (χ3n) is 2.64. The monoisotopic (exact) mass is 333 g/mol. The first-order valence-electron chi connectivity index (χ1n) is 5.52. The maximum atomic E-state index is 12.0. The molecule has 0 unspecified atom stereocenters. The molecule has 0 spiro atoms. The molecule has 0 fully saturated rings. The molecular formula is C13H11BrF3NO. The fourth-order valence-electron chi connectivity index (χ4n) is 1.64. The lowest BCUT2D eigenvalue weighted by Crippen LogP contribution is -2.20. The van der Waals surface area contributed by atoms with Crippen molar-refractivity contribution in [2.24, 2.45) is 0 Å². The summed E-state index contributed by atoms with van der Waals surface area (Å²) >= 11 is 3.42. The van der Waals surface area contributed by atoms with Crippen molar-refractivity contribution in [2.75, 3.05) is 11.4 Å². The normalized spacial score (nSPS) is 15.9. The number of nitrogens with zero attached hydrogens (tertiary/aromatic N) is 1. The maximum absolute atomic E-state index is 12.0. The lowest BCUT2D eigenvalue weighted by Gasteiger charge is -2.24. The van der Waals surface area contributed by atoms with E-state index in [9.17, 15) is 13.2 Å². The molecule has 19 heavy (non-hydrogen) atoms. The van der Waals surface area contributed by atoms with Crippen molar-refractivity contribution in [1.29, 1.82) is 0 Å². The Morgan fingerprint density at radius 3 is 2.37 bits per heavy atom. The molecule has 0 saturated carbocycles. The molecule has 0 radical (unpaired) electrons. The van der Waals surface area contributed by atoms with Crippen molar-refractivity contribution in [3.05, 3.63) is 46.6 Å². The highest BCUT2D eigenvalue weighted by atomic mass is 79.9. The molecule has 6 heteroatoms. The van der Waals surface area contributed by atoms with E-state index in [0.29, 0.717) is 6.54 Å². The van der Waals surface area contributed by atoms with Crippen LogP contribution in [0, 0.1) is 0 Å². The number of anilines is 1. The zero-order valence-corrected chi connectivity index (χ0v) is 11.6. The van der Waals surface area contributed by atoms with Crippen LogP contribution in [0.1, 0.15) is 6.92 Å². The quantitative estimate of drug-likeness (QED) is 0.784. The predicted molar refractivity (Wildman–Crippen MR) is 71.2 cm³/mol. The molecular weight excluding hydrogens is 323 g/mol. The zero-order chi connectivity index (χ0) is 14.0. The van der Waals surface area contributed by atoms with Crippen molar-refractivity contribution in [3.63, 3.8) is 0 Å². The molecule has 102 valence electrons. The van der Waals surface area contributed by atoms with E-state index in [0.717, 1.165) is 15.7 Å². The zero-order valence-electron chi connectivity index (χ0n) is 10.0. The Labute approximate surface area is 117 Å². The third kappa shape index (κ3) is 3.76. The second-order valence-corrected chi connectivity index (χ2v) is 4.91. The van der Waals surface area contributed by atoms with Gasteiger partial charge in [0.1, 0.15) is 5.75 Å². The first-order chi connectivity index (χ1) is 8.85. The summed E-state index contributed by atoms with van der Waals surface area (Å²) in [7, 11) is 0. The minimum atomic E-state index is -4.66. The summed E-state index contributed by atoms with van der Waals surface area (Å²) in [6.07, 6.45) is -0.728. The SMILES string of the molecule is CC1=CCN(c2ccc(OC(F)(F)F)cc2)C=C1Br. The minimum Gasteiger partial charge on any atom is -0.406 e. The van der Waals surface area contributed by atoms with Crippen LogP contribution in [-0.4, -0.2) is 12.9 Å². The van der Waals surface area contributed by atoms with E-state index < -0.39 is 6.36 Å². The average molecular weight is 334 g/mol. The van der Waals surface area contributed by atoms with Crippen LogP contribution < -0.4 is 9.64 Å². The highest BCUT2D eigenvalue weighted by Gasteiger charge is 2.31. The molecule has 0 atom stereocenters. The third-order valence-corrected chi connectivity index (χ3v) is 3.47. The van der Waals surface area contributed by atoms with Gasteiger partial charge in [0.25, 0.3) is 0 Å². The summed E-state index contributed by atoms with van der Waals surface area (Å²) in [4.78, 5) is 1.93. The molecule has 0 N–H and O–H groups in total. The lowest BCUT2D eigenvalue weighted by atomic mass is 10.2. The summed E-state index contributed by atoms with van der Waals surface area (Å²) in [5, 5.41) is 0. The Hall–Kier alpha value is -1.43. The summed E-state index contributed by atoms with van der Waals surface area (Å²) in [5.41, 5.74) is 1.93. The molecule has 1 heterocycles. The molecule has 0 bridgehead atoms. The Morgan fingerprint density at radius 1 is 1.21 bits per heavy atom. The van der Waals surface area contributed by atoms with E-state index in [1.807, 2.05) is 24.1 Å². The molecule has 0 aromatic heterocycles. The second kappa shape index (κ2) is 5.28. The van der Waals surface area contributed by atoms with Gasteiger partial charge in [-0.15, -0.1) is 13.2 Å². The number of hydrogen-bond donors (Lipinski definition) is 0. The molecule has 0 amide bonds. The number of hydrogen-bond acceptors (Lipinski definition) is 2. The fraction of sp³-hybridized carbons (Fsp3) is 0.231. The van der Waals surface area contributed by atoms with Crippen LogP contribution in [0.2, 0.25) is 0 Å². The Morgan fingerprint density at radius 2 is 1.84 bits per heavy atom. The fourth-order valence-corrected chi connectivity index (χ4v) is 2.05. The molecule has 1 aromatic rings. The predicted octanol–water partition coefficient (Wildman–Crippen LogP) is 4.59. The largest absolute Gasteiger partial charge is 0.573 e. The van der Waals surface area contributed by atoms with Crippen molar-refractivity contribution < 1.29 is 17.9 Å². The van der Waals surface area contributed by atoms with Crippen LogP contribution in [-0.2, 0) is 0 Å². The molecule has 1 aliphatic rings. The van der Waals surface area contributed by atoms with E-state index in [1.165, 1.54) is 12.1 Å². The topological polar surface area (TPSA) is 12.5 Å². The highest BCUT2D eigenvalue weighted by molar-refractivity contribution is 9.12. The van der Waals surface area contributed by atoms with Gasteiger partial charge < -0.3 is 9.64 Å². The first kappa shape index (κ1) is 14.0. The Kier molecular flexibility index (Phi) is 3.89. The molecule has 2 rings (SSSR count). The van der Waals surface area contributed by atoms with Crippen LogP contribution in [0.15, 0.2) is 46.6 Å². The van der Waals surface area contributed by atoms with E-state index in [4.69, 9.17) is 0 Å². The summed E-state index contributed by atoms with van der Waals surface area (Å²) in [6, 6.07) is 5.78. The smallest absolute Gasteiger partial charge is 0.406 e. The van der Waals surface area contributed by atoms with Gasteiger partial charge in [-0.2, -0.15) is 0 Å². The van der Waals surface area contributed by atoms with Gasteiger partial charge in [-0.1, -0.05) is 6.08 Å². The average Bonchev–Trinajstić information content (AvgIpc) is 2.32. The molecule has 0 saturated heterocycles. The van der Waals surface area contributed by atoms with Crippen LogP contribution in [0.25, 0.3) is 0 Å². The van der Waals surface area contributed by atoms with E-state index in [1.54, 1.807) is 12.1 Å². The molecule has 0 aliphatic carbocycles. The van der Waals surface area contributed by atoms with Gasteiger partial charge in [0.15, 0.2) is 0 Å². The highest BCUT2D eigenvalue weighted by Crippen LogP contribution is 2.28. The molecule has 2 nitrogen and oxygen atoms in total. The minimum absolute atomic E-state index is 0.219. The van der Waals surface area contributed by atoms with Gasteiger partial charge in [-0.25, -0.2) is 0 Å². The molecule has 1 aromatic carbocycles. The van der Waals surface area contributed by atoms with Crippen LogP contribution >= 0.6 is 15.9 Å². The van der Waals surface area contributed by atoms with E-state index in [-0.39, 0.29) is 5.75 Å². The van der Waals surface area contributed by atoms with Crippen molar-refractivity contribution in [3.8, 4) is 5.75 Å². The maximum Gasteiger partial charge on any atom is 0.573 e. The van der Waals surface area contributed by atoms with Gasteiger partial charge in [0, 0.05) is 22.9 Å². The Bertz CT molecular complexity index is 520. The van der Waals surface area contributed by atoms with Gasteiger partial charge >= 0.3 is 6.36 Å². The number of allylic oxidation sites excluding steroid dienone is 2. The number of ether oxygens (including phenoxy) is 1. The number of benzene rings is 1. The lowest BCUT2D eigenvalue weighted by molar-refractivity contribution is -0.274. The van der Waals surface area contributed by atoms with Gasteiger partial charge in [0.2, 0.25) is 0 Å². The second-order valence-electron chi connectivity index (χ2n) is 4.06.